The molecule has 128 valence electrons. The molecule has 1 aromatic carbocycles. The highest BCUT2D eigenvalue weighted by Crippen LogP contribution is 2.30. The fraction of sp³-hybridized carbons (Fsp3) is 0.529. The van der Waals surface area contributed by atoms with Crippen LogP contribution in [-0.4, -0.2) is 31.6 Å². The van der Waals surface area contributed by atoms with Gasteiger partial charge in [-0.2, -0.15) is 0 Å². The Morgan fingerprint density at radius 2 is 1.65 bits per heavy atom. The molecule has 0 aliphatic rings. The molecule has 23 heavy (non-hydrogen) atoms. The number of carbonyl (C=O) groups is 2. The summed E-state index contributed by atoms with van der Waals surface area (Å²) in [6.07, 6.45) is 2.96. The van der Waals surface area contributed by atoms with Gasteiger partial charge in [0.15, 0.2) is 11.5 Å². The van der Waals surface area contributed by atoms with Crippen LogP contribution < -0.4 is 20.1 Å². The lowest BCUT2D eigenvalue weighted by molar-refractivity contribution is -0.136. The minimum absolute atomic E-state index is 0.482. The second-order valence-electron chi connectivity index (χ2n) is 4.94. The number of hydrogen-bond acceptors (Lipinski definition) is 4. The van der Waals surface area contributed by atoms with E-state index in [1.54, 1.807) is 18.2 Å². The van der Waals surface area contributed by atoms with Crippen molar-refractivity contribution in [1.29, 1.82) is 0 Å². The summed E-state index contributed by atoms with van der Waals surface area (Å²) >= 11 is 0. The van der Waals surface area contributed by atoms with Crippen LogP contribution in [0.3, 0.4) is 0 Å². The molecule has 1 rings (SSSR count). The van der Waals surface area contributed by atoms with Crippen LogP contribution in [0.5, 0.6) is 11.5 Å². The van der Waals surface area contributed by atoms with Crippen LogP contribution >= 0.6 is 0 Å². The van der Waals surface area contributed by atoms with E-state index in [9.17, 15) is 9.59 Å². The second-order valence-corrected chi connectivity index (χ2v) is 4.94. The average molecular weight is 322 g/mol. The number of anilines is 1. The van der Waals surface area contributed by atoms with E-state index in [2.05, 4.69) is 17.6 Å². The molecular formula is C17H26N2O4. The van der Waals surface area contributed by atoms with Gasteiger partial charge in [0.1, 0.15) is 0 Å². The van der Waals surface area contributed by atoms with Crippen molar-refractivity contribution in [3.63, 3.8) is 0 Å². The van der Waals surface area contributed by atoms with E-state index >= 15 is 0 Å². The predicted molar refractivity (Wildman–Crippen MR) is 89.9 cm³/mol. The highest BCUT2D eigenvalue weighted by Gasteiger charge is 2.14. The van der Waals surface area contributed by atoms with Crippen LogP contribution in [-0.2, 0) is 9.59 Å². The highest BCUT2D eigenvalue weighted by atomic mass is 16.5. The van der Waals surface area contributed by atoms with Crippen LogP contribution in [0.1, 0.15) is 40.0 Å². The van der Waals surface area contributed by atoms with E-state index in [1.807, 2.05) is 13.8 Å². The van der Waals surface area contributed by atoms with Gasteiger partial charge in [0.2, 0.25) is 0 Å². The molecule has 2 amide bonds. The lowest BCUT2D eigenvalue weighted by Crippen LogP contribution is -2.35. The molecule has 0 radical (unpaired) electrons. The predicted octanol–water partition coefficient (Wildman–Crippen LogP) is 2.73. The Labute approximate surface area is 137 Å². The third kappa shape index (κ3) is 6.59. The Morgan fingerprint density at radius 3 is 2.30 bits per heavy atom. The zero-order valence-electron chi connectivity index (χ0n) is 14.1. The molecule has 2 N–H and O–H groups in total. The number of amides is 2. The molecule has 0 atom stereocenters. The molecule has 0 spiro atoms. The van der Waals surface area contributed by atoms with Gasteiger partial charge < -0.3 is 20.1 Å². The SMILES string of the molecule is CCCCCNC(=O)C(=O)Nc1ccc(OCC)c(OCC)c1. The third-order valence-corrected chi connectivity index (χ3v) is 3.07. The van der Waals surface area contributed by atoms with Crippen molar-refractivity contribution in [2.75, 3.05) is 25.1 Å². The molecule has 0 aliphatic heterocycles. The normalized spacial score (nSPS) is 10.0. The largest absolute Gasteiger partial charge is 0.490 e. The van der Waals surface area contributed by atoms with Crippen molar-refractivity contribution >= 4 is 17.5 Å². The molecule has 6 heteroatoms. The van der Waals surface area contributed by atoms with E-state index in [0.717, 1.165) is 19.3 Å². The topological polar surface area (TPSA) is 76.7 Å². The summed E-state index contributed by atoms with van der Waals surface area (Å²) in [5.41, 5.74) is 0.491. The van der Waals surface area contributed by atoms with Crippen LogP contribution in [0.2, 0.25) is 0 Å². The van der Waals surface area contributed by atoms with Gasteiger partial charge in [-0.05, 0) is 32.4 Å². The van der Waals surface area contributed by atoms with Crippen molar-refractivity contribution in [1.82, 2.24) is 5.32 Å². The fourth-order valence-corrected chi connectivity index (χ4v) is 1.97. The summed E-state index contributed by atoms with van der Waals surface area (Å²) in [7, 11) is 0. The van der Waals surface area contributed by atoms with Gasteiger partial charge in [0, 0.05) is 18.3 Å². The number of carbonyl (C=O) groups excluding carboxylic acids is 2. The first kappa shape index (κ1) is 18.8. The van der Waals surface area contributed by atoms with Gasteiger partial charge in [0.25, 0.3) is 0 Å². The zero-order chi connectivity index (χ0) is 17.1. The van der Waals surface area contributed by atoms with Crippen LogP contribution in [0.25, 0.3) is 0 Å². The summed E-state index contributed by atoms with van der Waals surface area (Å²) in [5.74, 6) is -0.173. The van der Waals surface area contributed by atoms with Gasteiger partial charge in [0.05, 0.1) is 13.2 Å². The maximum atomic E-state index is 11.9. The van der Waals surface area contributed by atoms with Crippen molar-refractivity contribution < 1.29 is 19.1 Å². The number of nitrogens with one attached hydrogen (secondary N) is 2. The van der Waals surface area contributed by atoms with E-state index in [1.165, 1.54) is 0 Å². The lowest BCUT2D eigenvalue weighted by Gasteiger charge is -2.13. The smallest absolute Gasteiger partial charge is 0.313 e. The Bertz CT molecular complexity index is 517. The molecule has 1 aromatic rings. The Morgan fingerprint density at radius 1 is 0.957 bits per heavy atom. The third-order valence-electron chi connectivity index (χ3n) is 3.07. The van der Waals surface area contributed by atoms with Crippen molar-refractivity contribution in [3.05, 3.63) is 18.2 Å². The standard InChI is InChI=1S/C17H26N2O4/c1-4-7-8-11-18-16(20)17(21)19-13-9-10-14(22-5-2)15(12-13)23-6-3/h9-10,12H,4-8,11H2,1-3H3,(H,18,20)(H,19,21). The van der Waals surface area contributed by atoms with Crippen molar-refractivity contribution in [2.45, 2.75) is 40.0 Å². The molecule has 0 unspecified atom stereocenters. The number of hydrogen-bond donors (Lipinski definition) is 2. The van der Waals surface area contributed by atoms with Gasteiger partial charge in [-0.25, -0.2) is 0 Å². The number of unbranched alkanes of at least 4 members (excludes halogenated alkanes) is 2. The number of rotatable bonds is 9. The number of benzene rings is 1. The minimum Gasteiger partial charge on any atom is -0.490 e. The van der Waals surface area contributed by atoms with E-state index in [0.29, 0.717) is 36.9 Å². The molecule has 6 nitrogen and oxygen atoms in total. The summed E-state index contributed by atoms with van der Waals surface area (Å²) in [5, 5.41) is 5.17. The summed E-state index contributed by atoms with van der Waals surface area (Å²) in [4.78, 5) is 23.6. The number of ether oxygens (including phenoxy) is 2. The Balaban J connectivity index is 2.63. The van der Waals surface area contributed by atoms with E-state index in [-0.39, 0.29) is 0 Å². The first-order valence-electron chi connectivity index (χ1n) is 8.11. The molecule has 0 saturated carbocycles. The first-order chi connectivity index (χ1) is 11.1. The fourth-order valence-electron chi connectivity index (χ4n) is 1.97. The van der Waals surface area contributed by atoms with Gasteiger partial charge in [-0.3, -0.25) is 9.59 Å². The van der Waals surface area contributed by atoms with Crippen LogP contribution in [0, 0.1) is 0 Å². The summed E-state index contributed by atoms with van der Waals surface area (Å²) in [6.45, 7) is 7.34. The molecular weight excluding hydrogens is 296 g/mol. The van der Waals surface area contributed by atoms with Crippen molar-refractivity contribution in [2.24, 2.45) is 0 Å². The molecule has 0 bridgehead atoms. The highest BCUT2D eigenvalue weighted by molar-refractivity contribution is 6.39. The minimum atomic E-state index is -0.687. The monoisotopic (exact) mass is 322 g/mol. The summed E-state index contributed by atoms with van der Waals surface area (Å²) in [6, 6.07) is 5.04. The first-order valence-corrected chi connectivity index (χ1v) is 8.11. The maximum absolute atomic E-state index is 11.9. The van der Waals surface area contributed by atoms with E-state index in [4.69, 9.17) is 9.47 Å². The molecule has 0 aromatic heterocycles. The van der Waals surface area contributed by atoms with Crippen LogP contribution in [0.15, 0.2) is 18.2 Å². The quantitative estimate of drug-likeness (QED) is 0.541. The second kappa shape index (κ2) is 10.5. The van der Waals surface area contributed by atoms with E-state index < -0.39 is 11.8 Å². The van der Waals surface area contributed by atoms with Gasteiger partial charge in [-0.15, -0.1) is 0 Å². The molecule has 0 saturated heterocycles. The van der Waals surface area contributed by atoms with Crippen molar-refractivity contribution in [3.8, 4) is 11.5 Å². The zero-order valence-corrected chi connectivity index (χ0v) is 14.1. The van der Waals surface area contributed by atoms with Crippen LogP contribution in [0.4, 0.5) is 5.69 Å². The van der Waals surface area contributed by atoms with Gasteiger partial charge >= 0.3 is 11.8 Å². The van der Waals surface area contributed by atoms with Gasteiger partial charge in [-0.1, -0.05) is 19.8 Å². The molecule has 0 heterocycles. The molecule has 0 aliphatic carbocycles. The Kier molecular flexibility index (Phi) is 8.57. The lowest BCUT2D eigenvalue weighted by atomic mass is 10.2. The maximum Gasteiger partial charge on any atom is 0.313 e. The molecule has 0 fully saturated rings. The summed E-state index contributed by atoms with van der Waals surface area (Å²) < 4.78 is 10.9. The Hall–Kier alpha value is -2.24. The average Bonchev–Trinajstić information content (AvgIpc) is 2.54.